The number of phenolic OH excluding ortho intramolecular Hbond substituents is 1. The summed E-state index contributed by atoms with van der Waals surface area (Å²) in [7, 11) is 1.45. The third-order valence-electron chi connectivity index (χ3n) is 11.1. The Balaban J connectivity index is 1.33. The molecule has 4 aliphatic rings. The van der Waals surface area contributed by atoms with Gasteiger partial charge in [0, 0.05) is 28.6 Å². The number of rotatable bonds is 7. The van der Waals surface area contributed by atoms with E-state index in [0.29, 0.717) is 21.9 Å². The van der Waals surface area contributed by atoms with Gasteiger partial charge in [-0.1, -0.05) is 41.4 Å². The number of nitro benzene ring substituents is 1. The fourth-order valence-corrected chi connectivity index (χ4v) is 9.02. The highest BCUT2D eigenvalue weighted by atomic mass is 35.5. The summed E-state index contributed by atoms with van der Waals surface area (Å²) in [5.74, 6) is -7.54. The smallest absolute Gasteiger partial charge is 0.271 e. The van der Waals surface area contributed by atoms with Crippen molar-refractivity contribution in [3.63, 3.8) is 0 Å². The van der Waals surface area contributed by atoms with Crippen LogP contribution in [-0.4, -0.2) is 45.8 Å². The topological polar surface area (TPSA) is 159 Å². The number of anilines is 2. The van der Waals surface area contributed by atoms with Gasteiger partial charge in [-0.05, 0) is 85.0 Å². The van der Waals surface area contributed by atoms with E-state index in [2.05, 4.69) is 5.43 Å². The first-order chi connectivity index (χ1) is 25.4. The number of carbonyl (C=O) groups is 4. The molecule has 4 aromatic rings. The molecule has 4 amide bonds. The summed E-state index contributed by atoms with van der Waals surface area (Å²) in [6.07, 6.45) is 1.87. The Labute approximate surface area is 306 Å². The molecule has 6 atom stereocenters. The maximum atomic E-state index is 15.2. The molecule has 6 unspecified atom stereocenters. The number of phenols is 1. The summed E-state index contributed by atoms with van der Waals surface area (Å²) >= 11 is 6.33. The lowest BCUT2D eigenvalue weighted by molar-refractivity contribution is -0.384. The minimum absolute atomic E-state index is 0.0369. The predicted octanol–water partition coefficient (Wildman–Crippen LogP) is 6.29. The van der Waals surface area contributed by atoms with Crippen molar-refractivity contribution in [2.24, 2.45) is 23.7 Å². The number of hydrazine groups is 1. The molecule has 0 radical (unpaired) electrons. The number of halogens is 2. The van der Waals surface area contributed by atoms with E-state index in [0.717, 1.165) is 9.91 Å². The number of nitrogens with zero attached hydrogens (tertiary/aromatic N) is 3. The molecule has 0 aromatic heterocycles. The van der Waals surface area contributed by atoms with E-state index in [1.54, 1.807) is 36.4 Å². The Morgan fingerprint density at radius 1 is 0.943 bits per heavy atom. The zero-order valence-corrected chi connectivity index (χ0v) is 28.7. The first-order valence-corrected chi connectivity index (χ1v) is 17.2. The van der Waals surface area contributed by atoms with Gasteiger partial charge in [0.2, 0.25) is 11.8 Å². The summed E-state index contributed by atoms with van der Waals surface area (Å²) in [6, 6.07) is 21.5. The Hall–Kier alpha value is -6.08. The second-order valence-electron chi connectivity index (χ2n) is 13.6. The van der Waals surface area contributed by atoms with Gasteiger partial charge in [-0.15, -0.1) is 0 Å². The van der Waals surface area contributed by atoms with Crippen LogP contribution in [0.15, 0.2) is 103 Å². The SMILES string of the molecule is COc1ccc(O)c(C2C3=CCC4C(=O)N(c5cccc([N+](=O)[O-])c5)C(=O)C4C3CC3C(=O)N(Nc4ccc(F)cc4)C(=O)C32c2ccc(Cl)cc2)c1. The van der Waals surface area contributed by atoms with Crippen molar-refractivity contribution in [3.8, 4) is 11.5 Å². The van der Waals surface area contributed by atoms with Crippen LogP contribution in [0.3, 0.4) is 0 Å². The minimum Gasteiger partial charge on any atom is -0.508 e. The van der Waals surface area contributed by atoms with E-state index < -0.39 is 69.4 Å². The van der Waals surface area contributed by atoms with Crippen LogP contribution in [0, 0.1) is 39.6 Å². The average Bonchev–Trinajstić information content (AvgIpc) is 3.53. The minimum atomic E-state index is -1.71. The second kappa shape index (κ2) is 12.6. The predicted molar refractivity (Wildman–Crippen MR) is 189 cm³/mol. The van der Waals surface area contributed by atoms with Gasteiger partial charge in [-0.3, -0.25) is 34.7 Å². The van der Waals surface area contributed by atoms with Crippen LogP contribution in [0.25, 0.3) is 0 Å². The Bertz CT molecular complexity index is 2260. The van der Waals surface area contributed by atoms with E-state index in [4.69, 9.17) is 16.3 Å². The summed E-state index contributed by atoms with van der Waals surface area (Å²) in [4.78, 5) is 70.4. The fraction of sp³-hybridized carbons (Fsp3) is 0.231. The number of allylic oxidation sites excluding steroid dienone is 2. The molecule has 53 heavy (non-hydrogen) atoms. The number of non-ortho nitro benzene ring substituents is 1. The first-order valence-electron chi connectivity index (χ1n) is 16.8. The van der Waals surface area contributed by atoms with Crippen molar-refractivity contribution in [2.75, 3.05) is 17.4 Å². The number of fused-ring (bicyclic) bond motifs is 4. The first kappa shape index (κ1) is 34.0. The van der Waals surface area contributed by atoms with Crippen molar-refractivity contribution in [1.82, 2.24) is 5.01 Å². The van der Waals surface area contributed by atoms with Gasteiger partial charge in [0.25, 0.3) is 17.5 Å². The maximum Gasteiger partial charge on any atom is 0.271 e. The number of hydrogen-bond donors (Lipinski definition) is 2. The molecule has 2 aliphatic carbocycles. The second-order valence-corrected chi connectivity index (χ2v) is 14.0. The molecule has 2 saturated heterocycles. The molecule has 2 N–H and O–H groups in total. The number of benzene rings is 4. The Kier molecular flexibility index (Phi) is 8.06. The molecule has 2 aliphatic heterocycles. The van der Waals surface area contributed by atoms with Crippen LogP contribution in [-0.2, 0) is 24.6 Å². The standard InChI is InChI=1S/C39H30ClFN4O8/c1-53-26-13-16-32(46)30(18-26)34-27-14-15-28-33(37(49)43(35(28)47)24-3-2-4-25(17-24)45(51)52)29(27)19-31-36(48)44(42-23-11-9-22(41)10-12-23)38(50)39(31,34)20-5-7-21(40)8-6-20/h2-14,16-18,28-29,31,33-34,42,46H,15,19H2,1H3. The molecule has 14 heteroatoms. The van der Waals surface area contributed by atoms with E-state index in [-0.39, 0.29) is 41.2 Å². The molecule has 8 rings (SSSR count). The van der Waals surface area contributed by atoms with Crippen molar-refractivity contribution in [3.05, 3.63) is 135 Å². The highest BCUT2D eigenvalue weighted by Gasteiger charge is 2.70. The monoisotopic (exact) mass is 736 g/mol. The highest BCUT2D eigenvalue weighted by Crippen LogP contribution is 2.65. The highest BCUT2D eigenvalue weighted by molar-refractivity contribution is 6.30. The van der Waals surface area contributed by atoms with Gasteiger partial charge in [0.05, 0.1) is 46.6 Å². The molecule has 12 nitrogen and oxygen atoms in total. The third-order valence-corrected chi connectivity index (χ3v) is 11.4. The molecular weight excluding hydrogens is 707 g/mol. The lowest BCUT2D eigenvalue weighted by atomic mass is 9.49. The number of nitro groups is 1. The van der Waals surface area contributed by atoms with Crippen LogP contribution in [0.4, 0.5) is 21.5 Å². The van der Waals surface area contributed by atoms with Gasteiger partial charge in [-0.2, -0.15) is 5.01 Å². The van der Waals surface area contributed by atoms with Crippen molar-refractivity contribution in [1.29, 1.82) is 0 Å². The molecular formula is C39H30ClFN4O8. The molecule has 268 valence electrons. The number of nitrogens with one attached hydrogen (secondary N) is 1. The number of hydrogen-bond acceptors (Lipinski definition) is 9. The molecule has 1 saturated carbocycles. The number of aromatic hydroxyl groups is 1. The number of ether oxygens (including phenoxy) is 1. The van der Waals surface area contributed by atoms with Crippen LogP contribution in [0.1, 0.15) is 29.9 Å². The number of amides is 4. The van der Waals surface area contributed by atoms with Crippen molar-refractivity contribution in [2.45, 2.75) is 24.2 Å². The normalized spacial score (nSPS) is 26.2. The zero-order valence-electron chi connectivity index (χ0n) is 27.9. The molecule has 0 spiro atoms. The Morgan fingerprint density at radius 2 is 1.68 bits per heavy atom. The Morgan fingerprint density at radius 3 is 2.38 bits per heavy atom. The van der Waals surface area contributed by atoms with Gasteiger partial charge < -0.3 is 9.84 Å². The summed E-state index contributed by atoms with van der Waals surface area (Å²) in [6.45, 7) is 0. The van der Waals surface area contributed by atoms with Gasteiger partial charge in [0.1, 0.15) is 17.3 Å². The van der Waals surface area contributed by atoms with E-state index in [1.807, 2.05) is 6.08 Å². The lowest BCUT2D eigenvalue weighted by Gasteiger charge is -2.50. The third kappa shape index (κ3) is 5.09. The van der Waals surface area contributed by atoms with Crippen molar-refractivity contribution < 1.29 is 38.3 Å². The number of imide groups is 2. The largest absolute Gasteiger partial charge is 0.508 e. The van der Waals surface area contributed by atoms with Crippen molar-refractivity contribution >= 4 is 52.3 Å². The van der Waals surface area contributed by atoms with E-state index in [9.17, 15) is 34.0 Å². The molecule has 0 bridgehead atoms. The van der Waals surface area contributed by atoms with Gasteiger partial charge >= 0.3 is 0 Å². The lowest BCUT2D eigenvalue weighted by Crippen LogP contribution is -2.53. The van der Waals surface area contributed by atoms with E-state index >= 15 is 4.79 Å². The van der Waals surface area contributed by atoms with Crippen LogP contribution in [0.5, 0.6) is 11.5 Å². The van der Waals surface area contributed by atoms with Gasteiger partial charge in [0.15, 0.2) is 0 Å². The van der Waals surface area contributed by atoms with Crippen LogP contribution >= 0.6 is 11.6 Å². The average molecular weight is 737 g/mol. The molecule has 3 fully saturated rings. The van der Waals surface area contributed by atoms with Crippen LogP contribution in [0.2, 0.25) is 5.02 Å². The summed E-state index contributed by atoms with van der Waals surface area (Å²) < 4.78 is 19.4. The number of methoxy groups -OCH3 is 1. The molecule has 4 aromatic carbocycles. The summed E-state index contributed by atoms with van der Waals surface area (Å²) in [5.41, 5.74) is 2.46. The molecule has 2 heterocycles. The summed E-state index contributed by atoms with van der Waals surface area (Å²) in [5, 5.41) is 24.4. The quantitative estimate of drug-likeness (QED) is 0.0962. The number of carbonyl (C=O) groups excluding carboxylic acids is 4. The van der Waals surface area contributed by atoms with Crippen LogP contribution < -0.4 is 15.1 Å². The van der Waals surface area contributed by atoms with E-state index in [1.165, 1.54) is 61.7 Å². The maximum absolute atomic E-state index is 15.2. The van der Waals surface area contributed by atoms with Gasteiger partial charge in [-0.25, -0.2) is 9.29 Å². The zero-order chi connectivity index (χ0) is 37.3. The fourth-order valence-electron chi connectivity index (χ4n) is 8.89.